The highest BCUT2D eigenvalue weighted by atomic mass is 32.2. The Morgan fingerprint density at radius 2 is 2.10 bits per heavy atom. The molecule has 6 nitrogen and oxygen atoms in total. The van der Waals surface area contributed by atoms with E-state index in [0.29, 0.717) is 32.1 Å². The van der Waals surface area contributed by atoms with Gasteiger partial charge >= 0.3 is 0 Å². The van der Waals surface area contributed by atoms with E-state index < -0.39 is 10.0 Å². The molecule has 1 aliphatic heterocycles. The van der Waals surface area contributed by atoms with Crippen LogP contribution in [-0.2, 0) is 14.8 Å². The van der Waals surface area contributed by atoms with Crippen LogP contribution in [0.1, 0.15) is 6.92 Å². The van der Waals surface area contributed by atoms with Crippen LogP contribution in [0.3, 0.4) is 0 Å². The molecule has 1 atom stereocenters. The van der Waals surface area contributed by atoms with E-state index in [-0.39, 0.29) is 11.0 Å². The van der Waals surface area contributed by atoms with Gasteiger partial charge in [-0.25, -0.2) is 8.42 Å². The zero-order chi connectivity index (χ0) is 15.3. The number of morpholine rings is 1. The van der Waals surface area contributed by atoms with Gasteiger partial charge in [0, 0.05) is 26.7 Å². The number of rotatable bonds is 6. The van der Waals surface area contributed by atoms with Crippen molar-refractivity contribution >= 4 is 10.0 Å². The van der Waals surface area contributed by atoms with E-state index in [1.807, 2.05) is 6.92 Å². The third kappa shape index (κ3) is 4.16. The lowest BCUT2D eigenvalue weighted by molar-refractivity contribution is 0.0206. The number of ether oxygens (including phenoxy) is 2. The minimum absolute atomic E-state index is 0.110. The van der Waals surface area contributed by atoms with Gasteiger partial charge in [0.1, 0.15) is 5.75 Å². The average Bonchev–Trinajstić information content (AvgIpc) is 2.49. The van der Waals surface area contributed by atoms with Crippen molar-refractivity contribution in [1.29, 1.82) is 0 Å². The summed E-state index contributed by atoms with van der Waals surface area (Å²) in [5.74, 6) is 0.666. The minimum Gasteiger partial charge on any atom is -0.494 e. The molecule has 1 N–H and O–H groups in total. The first kappa shape index (κ1) is 16.2. The topological polar surface area (TPSA) is 67.9 Å². The van der Waals surface area contributed by atoms with Crippen molar-refractivity contribution in [3.8, 4) is 5.75 Å². The number of benzene rings is 1. The number of hydrogen-bond donors (Lipinski definition) is 1. The summed E-state index contributed by atoms with van der Waals surface area (Å²) in [7, 11) is -1.93. The molecule has 1 aromatic carbocycles. The summed E-state index contributed by atoms with van der Waals surface area (Å²) in [6.45, 7) is 4.87. The Kier molecular flexibility index (Phi) is 5.58. The summed E-state index contributed by atoms with van der Waals surface area (Å²) in [5.41, 5.74) is 0. The molecule has 2 rings (SSSR count). The number of hydrogen-bond acceptors (Lipinski definition) is 5. The number of sulfonamides is 1. The fourth-order valence-electron chi connectivity index (χ4n) is 2.18. The van der Waals surface area contributed by atoms with Gasteiger partial charge in [-0.05, 0) is 31.2 Å². The average molecular weight is 314 g/mol. The van der Waals surface area contributed by atoms with Crippen LogP contribution < -0.4 is 10.1 Å². The fraction of sp³-hybridized carbons (Fsp3) is 0.571. The van der Waals surface area contributed by atoms with Crippen LogP contribution in [0.25, 0.3) is 0 Å². The molecule has 1 aliphatic rings. The minimum atomic E-state index is -3.50. The highest BCUT2D eigenvalue weighted by Gasteiger charge is 2.25. The van der Waals surface area contributed by atoms with Gasteiger partial charge in [0.05, 0.1) is 24.2 Å². The summed E-state index contributed by atoms with van der Waals surface area (Å²) in [5, 5.41) is 3.19. The van der Waals surface area contributed by atoms with Crippen molar-refractivity contribution < 1.29 is 17.9 Å². The molecule has 1 heterocycles. The highest BCUT2D eigenvalue weighted by molar-refractivity contribution is 7.89. The third-order valence-electron chi connectivity index (χ3n) is 3.31. The molecule has 1 fully saturated rings. The van der Waals surface area contributed by atoms with Crippen molar-refractivity contribution in [2.75, 3.05) is 39.9 Å². The van der Waals surface area contributed by atoms with Crippen LogP contribution in [0.15, 0.2) is 29.2 Å². The quantitative estimate of drug-likeness (QED) is 0.837. The summed E-state index contributed by atoms with van der Waals surface area (Å²) >= 11 is 0. The maximum Gasteiger partial charge on any atom is 0.242 e. The lowest BCUT2D eigenvalue weighted by atomic mass is 10.3. The smallest absolute Gasteiger partial charge is 0.242 e. The predicted octanol–water partition coefficient (Wildman–Crippen LogP) is 0.694. The number of nitrogens with zero attached hydrogens (tertiary/aromatic N) is 1. The Hall–Kier alpha value is -1.15. The molecular weight excluding hydrogens is 292 g/mol. The molecule has 0 radical (unpaired) electrons. The van der Waals surface area contributed by atoms with Crippen LogP contribution in [0.4, 0.5) is 0 Å². The predicted molar refractivity (Wildman–Crippen MR) is 80.0 cm³/mol. The molecule has 0 spiro atoms. The summed E-state index contributed by atoms with van der Waals surface area (Å²) in [6.07, 6.45) is -0.110. The Morgan fingerprint density at radius 3 is 2.67 bits per heavy atom. The van der Waals surface area contributed by atoms with Gasteiger partial charge in [0.15, 0.2) is 0 Å². The van der Waals surface area contributed by atoms with Gasteiger partial charge in [-0.2, -0.15) is 4.31 Å². The molecule has 0 amide bonds. The van der Waals surface area contributed by atoms with E-state index in [2.05, 4.69) is 5.32 Å². The van der Waals surface area contributed by atoms with E-state index in [9.17, 15) is 8.42 Å². The highest BCUT2D eigenvalue weighted by Crippen LogP contribution is 2.19. The van der Waals surface area contributed by atoms with Crippen molar-refractivity contribution in [3.05, 3.63) is 24.3 Å². The summed E-state index contributed by atoms with van der Waals surface area (Å²) in [6, 6.07) is 6.47. The molecule has 1 unspecified atom stereocenters. The largest absolute Gasteiger partial charge is 0.494 e. The molecule has 21 heavy (non-hydrogen) atoms. The Bertz CT molecular complexity index is 539. The molecule has 0 bridgehead atoms. The Labute approximate surface area is 126 Å². The van der Waals surface area contributed by atoms with Gasteiger partial charge in [-0.3, -0.25) is 0 Å². The van der Waals surface area contributed by atoms with Crippen LogP contribution in [0.2, 0.25) is 0 Å². The Morgan fingerprint density at radius 1 is 1.38 bits per heavy atom. The molecule has 1 saturated heterocycles. The van der Waals surface area contributed by atoms with Crippen LogP contribution >= 0.6 is 0 Å². The van der Waals surface area contributed by atoms with Crippen LogP contribution in [0.5, 0.6) is 5.75 Å². The van der Waals surface area contributed by atoms with Crippen molar-refractivity contribution in [3.63, 3.8) is 0 Å². The second-order valence-electron chi connectivity index (χ2n) is 4.89. The SMILES string of the molecule is CCOc1ccc(S(=O)(=O)N(C)CC2CNCCO2)cc1. The standard InChI is InChI=1S/C14H22N2O4S/c1-3-19-12-4-6-14(7-5-12)21(17,18)16(2)11-13-10-15-8-9-20-13/h4-7,13,15H,3,8-11H2,1-2H3. The van der Waals surface area contributed by atoms with Crippen LogP contribution in [-0.4, -0.2) is 58.7 Å². The van der Waals surface area contributed by atoms with E-state index in [4.69, 9.17) is 9.47 Å². The first-order chi connectivity index (χ1) is 10.0. The van der Waals surface area contributed by atoms with Gasteiger partial charge in [0.2, 0.25) is 10.0 Å². The first-order valence-electron chi connectivity index (χ1n) is 7.05. The van der Waals surface area contributed by atoms with Crippen molar-refractivity contribution in [2.45, 2.75) is 17.9 Å². The Balaban J connectivity index is 2.05. The van der Waals surface area contributed by atoms with Gasteiger partial charge in [-0.15, -0.1) is 0 Å². The summed E-state index contributed by atoms with van der Waals surface area (Å²) in [4.78, 5) is 0.261. The summed E-state index contributed by atoms with van der Waals surface area (Å²) < 4.78 is 37.2. The molecule has 7 heteroatoms. The van der Waals surface area contributed by atoms with E-state index >= 15 is 0 Å². The van der Waals surface area contributed by atoms with Gasteiger partial charge in [0.25, 0.3) is 0 Å². The van der Waals surface area contributed by atoms with E-state index in [1.54, 1.807) is 31.3 Å². The molecule has 0 saturated carbocycles. The number of likely N-dealkylation sites (N-methyl/N-ethyl adjacent to an activating group) is 1. The normalized spacial score (nSPS) is 19.7. The number of nitrogens with one attached hydrogen (secondary N) is 1. The molecule has 1 aromatic rings. The second-order valence-corrected chi connectivity index (χ2v) is 6.93. The second kappa shape index (κ2) is 7.22. The van der Waals surface area contributed by atoms with E-state index in [1.165, 1.54) is 4.31 Å². The molecule has 0 aromatic heterocycles. The first-order valence-corrected chi connectivity index (χ1v) is 8.49. The lowest BCUT2D eigenvalue weighted by Crippen LogP contribution is -2.45. The van der Waals surface area contributed by atoms with E-state index in [0.717, 1.165) is 6.54 Å². The zero-order valence-electron chi connectivity index (χ0n) is 12.4. The van der Waals surface area contributed by atoms with Gasteiger partial charge in [-0.1, -0.05) is 0 Å². The van der Waals surface area contributed by atoms with Crippen LogP contribution in [0, 0.1) is 0 Å². The molecular formula is C14H22N2O4S. The van der Waals surface area contributed by atoms with Crippen molar-refractivity contribution in [2.24, 2.45) is 0 Å². The molecule has 0 aliphatic carbocycles. The monoisotopic (exact) mass is 314 g/mol. The maximum atomic E-state index is 12.5. The van der Waals surface area contributed by atoms with Crippen molar-refractivity contribution in [1.82, 2.24) is 9.62 Å². The fourth-order valence-corrected chi connectivity index (χ4v) is 3.38. The zero-order valence-corrected chi connectivity index (χ0v) is 13.2. The molecule has 118 valence electrons. The third-order valence-corrected chi connectivity index (χ3v) is 5.15. The lowest BCUT2D eigenvalue weighted by Gasteiger charge is -2.27. The van der Waals surface area contributed by atoms with Gasteiger partial charge < -0.3 is 14.8 Å². The maximum absolute atomic E-state index is 12.5.